The van der Waals surface area contributed by atoms with E-state index in [-0.39, 0.29) is 24.1 Å². The lowest BCUT2D eigenvalue weighted by atomic mass is 10.0. The fraction of sp³-hybridized carbons (Fsp3) is 0.481. The van der Waals surface area contributed by atoms with Crippen molar-refractivity contribution in [2.24, 2.45) is 0 Å². The summed E-state index contributed by atoms with van der Waals surface area (Å²) in [6.07, 6.45) is 0.933. The molecule has 0 saturated carbocycles. The molecule has 1 heterocycles. The van der Waals surface area contributed by atoms with Gasteiger partial charge in [0.15, 0.2) is 0 Å². The van der Waals surface area contributed by atoms with Gasteiger partial charge in [-0.15, -0.1) is 0 Å². The van der Waals surface area contributed by atoms with Crippen LogP contribution in [0.5, 0.6) is 0 Å². The molecule has 1 aliphatic heterocycles. The van der Waals surface area contributed by atoms with Crippen LogP contribution in [-0.4, -0.2) is 47.7 Å². The Morgan fingerprint density at radius 2 is 1.73 bits per heavy atom. The first-order valence-corrected chi connectivity index (χ1v) is 11.6. The van der Waals surface area contributed by atoms with Gasteiger partial charge in [0.1, 0.15) is 5.60 Å². The molecule has 0 radical (unpaired) electrons. The maximum Gasteiger partial charge on any atom is 0.410 e. The number of hydrogen-bond acceptors (Lipinski definition) is 4. The largest absolute Gasteiger partial charge is 0.444 e. The van der Waals surface area contributed by atoms with E-state index in [2.05, 4.69) is 5.32 Å². The minimum Gasteiger partial charge on any atom is -0.444 e. The van der Waals surface area contributed by atoms with Crippen molar-refractivity contribution >= 4 is 12.0 Å². The monoisotopic (exact) mass is 452 g/mol. The molecule has 1 N–H and O–H groups in total. The Bertz CT molecular complexity index is 932. The number of ether oxygens (including phenoxy) is 2. The lowest BCUT2D eigenvalue weighted by molar-refractivity contribution is 0.00421. The Morgan fingerprint density at radius 3 is 2.36 bits per heavy atom. The van der Waals surface area contributed by atoms with E-state index in [1.807, 2.05) is 83.1 Å². The number of nitrogens with zero attached hydrogens (tertiary/aromatic N) is 1. The van der Waals surface area contributed by atoms with Crippen molar-refractivity contribution in [3.63, 3.8) is 0 Å². The number of carbonyl (C=O) groups is 2. The molecule has 33 heavy (non-hydrogen) atoms. The minimum atomic E-state index is -0.579. The van der Waals surface area contributed by atoms with Crippen LogP contribution < -0.4 is 5.32 Å². The van der Waals surface area contributed by atoms with Gasteiger partial charge in [-0.1, -0.05) is 47.5 Å². The van der Waals surface area contributed by atoms with Crippen LogP contribution in [0.3, 0.4) is 0 Å². The Labute approximate surface area is 197 Å². The van der Waals surface area contributed by atoms with Crippen LogP contribution in [-0.2, 0) is 16.1 Å². The van der Waals surface area contributed by atoms with Crippen LogP contribution in [0.15, 0.2) is 48.5 Å². The van der Waals surface area contributed by atoms with Crippen molar-refractivity contribution in [2.75, 3.05) is 13.1 Å². The van der Waals surface area contributed by atoms with Crippen molar-refractivity contribution in [3.8, 4) is 0 Å². The van der Waals surface area contributed by atoms with Crippen LogP contribution in [0.25, 0.3) is 0 Å². The number of nitrogens with one attached hydrogen (secondary N) is 1. The van der Waals surface area contributed by atoms with Gasteiger partial charge < -0.3 is 19.7 Å². The first kappa shape index (κ1) is 24.8. The third-order valence-corrected chi connectivity index (χ3v) is 5.54. The van der Waals surface area contributed by atoms with Crippen molar-refractivity contribution in [1.82, 2.24) is 10.2 Å². The van der Waals surface area contributed by atoms with Crippen LogP contribution in [0.2, 0.25) is 0 Å². The smallest absolute Gasteiger partial charge is 0.410 e. The lowest BCUT2D eigenvalue weighted by Crippen LogP contribution is -2.51. The van der Waals surface area contributed by atoms with Gasteiger partial charge >= 0.3 is 6.09 Å². The van der Waals surface area contributed by atoms with Crippen LogP contribution in [0, 0.1) is 13.8 Å². The SMILES string of the molecule is Cc1cc(C)cc(C(=O)N[C@@H]2CN(C(=O)OC(C)(C)C)CCC[C@H]2OCc2ccccc2)c1. The Morgan fingerprint density at radius 1 is 1.06 bits per heavy atom. The molecule has 0 aliphatic carbocycles. The molecule has 1 fully saturated rings. The van der Waals surface area contributed by atoms with E-state index in [0.29, 0.717) is 25.3 Å². The quantitative estimate of drug-likeness (QED) is 0.692. The van der Waals surface area contributed by atoms with Gasteiger partial charge in [-0.3, -0.25) is 4.79 Å². The zero-order chi connectivity index (χ0) is 24.0. The van der Waals surface area contributed by atoms with Crippen LogP contribution in [0.1, 0.15) is 60.7 Å². The van der Waals surface area contributed by atoms with E-state index in [0.717, 1.165) is 29.5 Å². The molecule has 0 aromatic heterocycles. The summed E-state index contributed by atoms with van der Waals surface area (Å²) in [5.74, 6) is -0.161. The predicted molar refractivity (Wildman–Crippen MR) is 129 cm³/mol. The predicted octanol–water partition coefficient (Wildman–Crippen LogP) is 5.02. The van der Waals surface area contributed by atoms with E-state index in [9.17, 15) is 9.59 Å². The molecular weight excluding hydrogens is 416 g/mol. The summed E-state index contributed by atoms with van der Waals surface area (Å²) in [6, 6.07) is 15.4. The molecule has 2 amide bonds. The number of hydrogen-bond donors (Lipinski definition) is 1. The van der Waals surface area contributed by atoms with E-state index in [4.69, 9.17) is 9.47 Å². The third kappa shape index (κ3) is 7.60. The average molecular weight is 453 g/mol. The fourth-order valence-corrected chi connectivity index (χ4v) is 4.10. The van der Waals surface area contributed by atoms with Crippen LogP contribution >= 0.6 is 0 Å². The highest BCUT2D eigenvalue weighted by molar-refractivity contribution is 5.94. The summed E-state index contributed by atoms with van der Waals surface area (Å²) in [4.78, 5) is 27.6. The van der Waals surface area contributed by atoms with E-state index in [1.54, 1.807) is 4.90 Å². The second-order valence-corrected chi connectivity index (χ2v) is 9.86. The molecule has 3 rings (SSSR count). The normalized spacial score (nSPS) is 19.0. The summed E-state index contributed by atoms with van der Waals surface area (Å²) in [6.45, 7) is 10.9. The van der Waals surface area contributed by atoms with Crippen molar-refractivity contribution < 1.29 is 19.1 Å². The highest BCUT2D eigenvalue weighted by atomic mass is 16.6. The summed E-state index contributed by atoms with van der Waals surface area (Å²) in [5.41, 5.74) is 3.18. The number of carbonyl (C=O) groups excluding carboxylic acids is 2. The molecule has 0 unspecified atom stereocenters. The number of amides is 2. The molecule has 2 atom stereocenters. The fourth-order valence-electron chi connectivity index (χ4n) is 4.10. The molecule has 1 saturated heterocycles. The molecular formula is C27H36N2O4. The number of aryl methyl sites for hydroxylation is 2. The zero-order valence-corrected chi connectivity index (χ0v) is 20.4. The maximum atomic E-state index is 13.2. The van der Waals surface area contributed by atoms with Crippen LogP contribution in [0.4, 0.5) is 4.79 Å². The molecule has 6 heteroatoms. The third-order valence-electron chi connectivity index (χ3n) is 5.54. The lowest BCUT2D eigenvalue weighted by Gasteiger charge is -2.31. The Hall–Kier alpha value is -2.86. The topological polar surface area (TPSA) is 67.9 Å². The zero-order valence-electron chi connectivity index (χ0n) is 20.4. The number of benzene rings is 2. The van der Waals surface area contributed by atoms with Gasteiger partial charge in [-0.2, -0.15) is 0 Å². The highest BCUT2D eigenvalue weighted by Crippen LogP contribution is 2.20. The average Bonchev–Trinajstić information content (AvgIpc) is 2.93. The van der Waals surface area contributed by atoms with Crippen molar-refractivity contribution in [1.29, 1.82) is 0 Å². The Balaban J connectivity index is 1.78. The summed E-state index contributed by atoms with van der Waals surface area (Å²) < 4.78 is 11.9. The minimum absolute atomic E-state index is 0.161. The van der Waals surface area contributed by atoms with Crippen molar-refractivity contribution in [2.45, 2.75) is 71.8 Å². The maximum absolute atomic E-state index is 13.2. The van der Waals surface area contributed by atoms with Gasteiger partial charge in [-0.25, -0.2) is 4.79 Å². The summed E-state index contributed by atoms with van der Waals surface area (Å²) in [7, 11) is 0. The van der Waals surface area contributed by atoms with Gasteiger partial charge in [0, 0.05) is 18.7 Å². The highest BCUT2D eigenvalue weighted by Gasteiger charge is 2.33. The van der Waals surface area contributed by atoms with Gasteiger partial charge in [0.2, 0.25) is 0 Å². The number of likely N-dealkylation sites (tertiary alicyclic amines) is 1. The molecule has 0 bridgehead atoms. The van der Waals surface area contributed by atoms with Gasteiger partial charge in [0.25, 0.3) is 5.91 Å². The molecule has 6 nitrogen and oxygen atoms in total. The first-order valence-electron chi connectivity index (χ1n) is 11.6. The van der Waals surface area contributed by atoms with Crippen molar-refractivity contribution in [3.05, 3.63) is 70.8 Å². The first-order chi connectivity index (χ1) is 15.6. The Kier molecular flexibility index (Phi) is 8.14. The van der Waals surface area contributed by atoms with E-state index < -0.39 is 5.60 Å². The second-order valence-electron chi connectivity index (χ2n) is 9.86. The molecule has 2 aromatic carbocycles. The second kappa shape index (κ2) is 10.8. The standard InChI is InChI=1S/C27H36N2O4/c1-19-14-20(2)16-22(15-19)25(30)28-23-17-29(26(31)33-27(3,4)5)13-9-12-24(23)32-18-21-10-7-6-8-11-21/h6-8,10-11,14-16,23-24H,9,12-13,17-18H2,1-5H3,(H,28,30)/t23-,24-/m1/s1. The van der Waals surface area contributed by atoms with E-state index in [1.165, 1.54) is 0 Å². The summed E-state index contributed by atoms with van der Waals surface area (Å²) >= 11 is 0. The van der Waals surface area contributed by atoms with Gasteiger partial charge in [-0.05, 0) is 65.2 Å². The molecule has 1 aliphatic rings. The molecule has 178 valence electrons. The molecule has 2 aromatic rings. The summed E-state index contributed by atoms with van der Waals surface area (Å²) in [5, 5.41) is 3.15. The van der Waals surface area contributed by atoms with Gasteiger partial charge in [0.05, 0.1) is 18.8 Å². The molecule has 0 spiro atoms. The number of rotatable bonds is 5. The van der Waals surface area contributed by atoms with E-state index >= 15 is 0 Å².